The van der Waals surface area contributed by atoms with Gasteiger partial charge in [0.25, 0.3) is 0 Å². The molecular formula is C15H27N5. The van der Waals surface area contributed by atoms with Gasteiger partial charge in [-0.3, -0.25) is 9.80 Å². The standard InChI is InChI=1S/C15H27N5/c1-13(2)20-12-16-8-14(20)10-18-5-7-19-6-4-17(3)9-15(19)11-18/h8,12-13,15H,4-7,9-11H2,1-3H3/t15-/m1/s1. The molecule has 112 valence electrons. The molecular weight excluding hydrogens is 250 g/mol. The van der Waals surface area contributed by atoms with Crippen LogP contribution < -0.4 is 0 Å². The normalized spacial score (nSPS) is 26.1. The lowest BCUT2D eigenvalue weighted by Crippen LogP contribution is -2.61. The number of hydrogen-bond acceptors (Lipinski definition) is 4. The fourth-order valence-electron chi connectivity index (χ4n) is 3.47. The van der Waals surface area contributed by atoms with E-state index in [1.54, 1.807) is 0 Å². The van der Waals surface area contributed by atoms with Crippen molar-refractivity contribution < 1.29 is 0 Å². The summed E-state index contributed by atoms with van der Waals surface area (Å²) in [6.07, 6.45) is 3.99. The summed E-state index contributed by atoms with van der Waals surface area (Å²) in [5.41, 5.74) is 1.35. The van der Waals surface area contributed by atoms with Gasteiger partial charge in [-0.25, -0.2) is 4.98 Å². The Balaban J connectivity index is 1.62. The zero-order valence-electron chi connectivity index (χ0n) is 13.0. The molecule has 0 aromatic carbocycles. The van der Waals surface area contributed by atoms with Crippen LogP contribution in [0.3, 0.4) is 0 Å². The van der Waals surface area contributed by atoms with E-state index in [1.807, 2.05) is 12.5 Å². The number of fused-ring (bicyclic) bond motifs is 1. The Bertz CT molecular complexity index is 441. The summed E-state index contributed by atoms with van der Waals surface area (Å²) in [4.78, 5) is 12.0. The van der Waals surface area contributed by atoms with Crippen molar-refractivity contribution in [3.8, 4) is 0 Å². The van der Waals surface area contributed by atoms with Crippen molar-refractivity contribution in [1.29, 1.82) is 0 Å². The predicted molar refractivity (Wildman–Crippen MR) is 80.7 cm³/mol. The molecule has 1 aromatic heterocycles. The molecule has 0 saturated carbocycles. The van der Waals surface area contributed by atoms with Crippen LogP contribution in [0.1, 0.15) is 25.6 Å². The highest BCUT2D eigenvalue weighted by molar-refractivity contribution is 5.01. The number of aromatic nitrogens is 2. The van der Waals surface area contributed by atoms with E-state index in [-0.39, 0.29) is 0 Å². The Kier molecular flexibility index (Phi) is 4.10. The molecule has 5 heteroatoms. The first kappa shape index (κ1) is 14.0. The molecule has 0 N–H and O–H groups in total. The maximum Gasteiger partial charge on any atom is 0.0951 e. The molecule has 3 heterocycles. The van der Waals surface area contributed by atoms with E-state index in [9.17, 15) is 0 Å². The molecule has 20 heavy (non-hydrogen) atoms. The summed E-state index contributed by atoms with van der Waals surface area (Å²) in [6, 6.07) is 1.20. The average Bonchev–Trinajstić information content (AvgIpc) is 2.86. The third kappa shape index (κ3) is 2.90. The molecule has 0 spiro atoms. The summed E-state index contributed by atoms with van der Waals surface area (Å²) in [5, 5.41) is 0. The molecule has 3 rings (SSSR count). The number of likely N-dealkylation sites (N-methyl/N-ethyl adjacent to an activating group) is 1. The van der Waals surface area contributed by atoms with Crippen LogP contribution in [0, 0.1) is 0 Å². The van der Waals surface area contributed by atoms with Gasteiger partial charge in [-0.05, 0) is 20.9 Å². The second-order valence-electron chi connectivity index (χ2n) is 6.57. The molecule has 1 atom stereocenters. The zero-order chi connectivity index (χ0) is 14.1. The van der Waals surface area contributed by atoms with Crippen LogP contribution in [0.4, 0.5) is 0 Å². The third-order valence-electron chi connectivity index (χ3n) is 4.67. The van der Waals surface area contributed by atoms with E-state index in [4.69, 9.17) is 0 Å². The van der Waals surface area contributed by atoms with Gasteiger partial charge in [-0.2, -0.15) is 0 Å². The molecule has 0 bridgehead atoms. The van der Waals surface area contributed by atoms with Crippen molar-refractivity contribution in [3.05, 3.63) is 18.2 Å². The minimum absolute atomic E-state index is 0.495. The minimum Gasteiger partial charge on any atom is -0.331 e. The van der Waals surface area contributed by atoms with E-state index >= 15 is 0 Å². The topological polar surface area (TPSA) is 27.5 Å². The molecule has 2 aliphatic rings. The van der Waals surface area contributed by atoms with Gasteiger partial charge in [0.15, 0.2) is 0 Å². The van der Waals surface area contributed by atoms with Gasteiger partial charge in [0, 0.05) is 64.1 Å². The number of nitrogens with zero attached hydrogens (tertiary/aromatic N) is 5. The fraction of sp³-hybridized carbons (Fsp3) is 0.800. The Morgan fingerprint density at radius 1 is 1.20 bits per heavy atom. The number of hydrogen-bond donors (Lipinski definition) is 0. The van der Waals surface area contributed by atoms with Crippen molar-refractivity contribution in [2.24, 2.45) is 0 Å². The summed E-state index contributed by atoms with van der Waals surface area (Å²) in [5.74, 6) is 0. The van der Waals surface area contributed by atoms with Crippen LogP contribution in [-0.2, 0) is 6.54 Å². The molecule has 5 nitrogen and oxygen atoms in total. The lowest BCUT2D eigenvalue weighted by Gasteiger charge is -2.46. The SMILES string of the molecule is CC(C)n1cncc1CN1CCN2CCN(C)C[C@@H]2C1. The average molecular weight is 277 g/mol. The molecule has 0 aliphatic carbocycles. The Hall–Kier alpha value is -0.910. The van der Waals surface area contributed by atoms with Crippen LogP contribution >= 0.6 is 0 Å². The van der Waals surface area contributed by atoms with E-state index in [0.717, 1.165) is 6.54 Å². The second kappa shape index (κ2) is 5.84. The smallest absolute Gasteiger partial charge is 0.0951 e. The molecule has 2 aliphatic heterocycles. The largest absolute Gasteiger partial charge is 0.331 e. The molecule has 0 radical (unpaired) electrons. The lowest BCUT2D eigenvalue weighted by atomic mass is 10.1. The Labute approximate surface area is 122 Å². The maximum absolute atomic E-state index is 4.32. The molecule has 0 amide bonds. The van der Waals surface area contributed by atoms with Crippen molar-refractivity contribution >= 4 is 0 Å². The molecule has 2 saturated heterocycles. The number of rotatable bonds is 3. The summed E-state index contributed by atoms with van der Waals surface area (Å²) >= 11 is 0. The van der Waals surface area contributed by atoms with Crippen LogP contribution in [-0.4, -0.2) is 76.6 Å². The summed E-state index contributed by atoms with van der Waals surface area (Å²) in [6.45, 7) is 12.7. The van der Waals surface area contributed by atoms with Gasteiger partial charge < -0.3 is 9.47 Å². The monoisotopic (exact) mass is 277 g/mol. The van der Waals surface area contributed by atoms with Crippen LogP contribution in [0.25, 0.3) is 0 Å². The highest BCUT2D eigenvalue weighted by Crippen LogP contribution is 2.18. The first-order valence-corrected chi connectivity index (χ1v) is 7.79. The second-order valence-corrected chi connectivity index (χ2v) is 6.57. The quantitative estimate of drug-likeness (QED) is 0.820. The van der Waals surface area contributed by atoms with E-state index in [1.165, 1.54) is 45.0 Å². The highest BCUT2D eigenvalue weighted by atomic mass is 15.3. The molecule has 2 fully saturated rings. The van der Waals surface area contributed by atoms with Crippen molar-refractivity contribution in [3.63, 3.8) is 0 Å². The predicted octanol–water partition coefficient (Wildman–Crippen LogP) is 0.896. The highest BCUT2D eigenvalue weighted by Gasteiger charge is 2.31. The number of piperazine rings is 2. The zero-order valence-corrected chi connectivity index (χ0v) is 13.0. The van der Waals surface area contributed by atoms with Crippen LogP contribution in [0.5, 0.6) is 0 Å². The van der Waals surface area contributed by atoms with Gasteiger partial charge in [0.05, 0.1) is 12.0 Å². The Morgan fingerprint density at radius 3 is 2.80 bits per heavy atom. The maximum atomic E-state index is 4.32. The minimum atomic E-state index is 0.495. The third-order valence-corrected chi connectivity index (χ3v) is 4.67. The van der Waals surface area contributed by atoms with Crippen molar-refractivity contribution in [2.45, 2.75) is 32.5 Å². The lowest BCUT2D eigenvalue weighted by molar-refractivity contribution is 0.0167. The van der Waals surface area contributed by atoms with Gasteiger partial charge in [0.2, 0.25) is 0 Å². The molecule has 1 aromatic rings. The van der Waals surface area contributed by atoms with Crippen LogP contribution in [0.2, 0.25) is 0 Å². The first-order chi connectivity index (χ1) is 9.63. The summed E-state index contributed by atoms with van der Waals surface area (Å²) < 4.78 is 2.29. The summed E-state index contributed by atoms with van der Waals surface area (Å²) in [7, 11) is 2.24. The van der Waals surface area contributed by atoms with Gasteiger partial charge >= 0.3 is 0 Å². The van der Waals surface area contributed by atoms with Crippen molar-refractivity contribution in [1.82, 2.24) is 24.3 Å². The first-order valence-electron chi connectivity index (χ1n) is 7.79. The number of imidazole rings is 1. The molecule has 0 unspecified atom stereocenters. The van der Waals surface area contributed by atoms with E-state index in [0.29, 0.717) is 12.1 Å². The van der Waals surface area contributed by atoms with E-state index < -0.39 is 0 Å². The van der Waals surface area contributed by atoms with Gasteiger partial charge in [-0.15, -0.1) is 0 Å². The fourth-order valence-corrected chi connectivity index (χ4v) is 3.47. The van der Waals surface area contributed by atoms with E-state index in [2.05, 4.69) is 45.1 Å². The van der Waals surface area contributed by atoms with Gasteiger partial charge in [-0.1, -0.05) is 0 Å². The Morgan fingerprint density at radius 2 is 2.00 bits per heavy atom. The van der Waals surface area contributed by atoms with Crippen molar-refractivity contribution in [2.75, 3.05) is 46.3 Å². The van der Waals surface area contributed by atoms with Gasteiger partial charge in [0.1, 0.15) is 0 Å². The van der Waals surface area contributed by atoms with Crippen LogP contribution in [0.15, 0.2) is 12.5 Å².